The third-order valence-electron chi connectivity index (χ3n) is 2.93. The number of nitrogens with two attached hydrogens (primary N) is 1. The first-order valence-corrected chi connectivity index (χ1v) is 6.84. The molecule has 0 atom stereocenters. The predicted octanol–water partition coefficient (Wildman–Crippen LogP) is 3.68. The Morgan fingerprint density at radius 2 is 2.05 bits per heavy atom. The molecule has 0 spiro atoms. The van der Waals surface area contributed by atoms with Crippen molar-refractivity contribution in [2.24, 2.45) is 5.73 Å². The van der Waals surface area contributed by atoms with Gasteiger partial charge in [0.05, 0.1) is 6.54 Å². The highest BCUT2D eigenvalue weighted by Gasteiger charge is 2.05. The second kappa shape index (κ2) is 7.12. The zero-order chi connectivity index (χ0) is 15.2. The normalized spacial score (nSPS) is 9.90. The van der Waals surface area contributed by atoms with Crippen molar-refractivity contribution in [3.63, 3.8) is 0 Å². The van der Waals surface area contributed by atoms with Gasteiger partial charge in [0.15, 0.2) is 0 Å². The molecule has 0 heterocycles. The van der Waals surface area contributed by atoms with E-state index in [1.54, 1.807) is 12.1 Å². The van der Waals surface area contributed by atoms with Gasteiger partial charge in [-0.05, 0) is 48.9 Å². The van der Waals surface area contributed by atoms with Gasteiger partial charge < -0.3 is 10.5 Å². The third-order valence-corrected chi connectivity index (χ3v) is 3.16. The molecule has 0 aliphatic rings. The van der Waals surface area contributed by atoms with Crippen LogP contribution in [0.4, 0.5) is 4.39 Å². The molecule has 2 rings (SSSR count). The Balaban J connectivity index is 2.10. The first-order chi connectivity index (χ1) is 10.1. The maximum Gasteiger partial charge on any atom is 0.129 e. The Kier molecular flexibility index (Phi) is 5.21. The zero-order valence-corrected chi connectivity index (χ0v) is 12.4. The fourth-order valence-corrected chi connectivity index (χ4v) is 2.02. The summed E-state index contributed by atoms with van der Waals surface area (Å²) >= 11 is 5.85. The van der Waals surface area contributed by atoms with Crippen molar-refractivity contribution in [1.82, 2.24) is 0 Å². The van der Waals surface area contributed by atoms with E-state index in [0.717, 1.165) is 11.1 Å². The average Bonchev–Trinajstić information content (AvgIpc) is 2.47. The molecule has 108 valence electrons. The van der Waals surface area contributed by atoms with Crippen molar-refractivity contribution < 1.29 is 9.13 Å². The molecule has 2 aromatic rings. The van der Waals surface area contributed by atoms with Crippen LogP contribution in [0.1, 0.15) is 16.7 Å². The Bertz CT molecular complexity index is 704. The molecule has 0 bridgehead atoms. The topological polar surface area (TPSA) is 35.2 Å². The number of halogens is 2. The quantitative estimate of drug-likeness (QED) is 0.878. The molecule has 0 radical (unpaired) electrons. The minimum atomic E-state index is -0.332. The van der Waals surface area contributed by atoms with Crippen LogP contribution in [0, 0.1) is 24.6 Å². The van der Waals surface area contributed by atoms with Gasteiger partial charge in [0.1, 0.15) is 18.2 Å². The van der Waals surface area contributed by atoms with Gasteiger partial charge in [0.2, 0.25) is 0 Å². The third kappa shape index (κ3) is 4.22. The summed E-state index contributed by atoms with van der Waals surface area (Å²) in [5.41, 5.74) is 7.66. The highest BCUT2D eigenvalue weighted by atomic mass is 35.5. The molecule has 0 aliphatic heterocycles. The van der Waals surface area contributed by atoms with Gasteiger partial charge in [0.25, 0.3) is 0 Å². The van der Waals surface area contributed by atoms with Gasteiger partial charge >= 0.3 is 0 Å². The predicted molar refractivity (Wildman–Crippen MR) is 82.9 cm³/mol. The largest absolute Gasteiger partial charge is 0.489 e. The first-order valence-electron chi connectivity index (χ1n) is 6.46. The second-order valence-electron chi connectivity index (χ2n) is 4.51. The summed E-state index contributed by atoms with van der Waals surface area (Å²) in [5, 5.41) is 0.485. The Hall–Kier alpha value is -2.02. The summed E-state index contributed by atoms with van der Waals surface area (Å²) in [4.78, 5) is 0. The highest BCUT2D eigenvalue weighted by Crippen LogP contribution is 2.20. The molecule has 2 aromatic carbocycles. The summed E-state index contributed by atoms with van der Waals surface area (Å²) in [6.07, 6.45) is 0. The van der Waals surface area contributed by atoms with Crippen LogP contribution in [0.25, 0.3) is 0 Å². The van der Waals surface area contributed by atoms with Gasteiger partial charge in [-0.3, -0.25) is 0 Å². The van der Waals surface area contributed by atoms with Crippen LogP contribution in [0.15, 0.2) is 36.4 Å². The molecule has 0 saturated heterocycles. The van der Waals surface area contributed by atoms with Gasteiger partial charge in [-0.25, -0.2) is 4.39 Å². The lowest BCUT2D eigenvalue weighted by Gasteiger charge is -2.09. The van der Waals surface area contributed by atoms with Crippen LogP contribution >= 0.6 is 11.6 Å². The SMILES string of the molecule is Cc1cc(OCc2cc(Cl)ccc2F)ccc1C#CCN. The maximum atomic E-state index is 13.6. The average molecular weight is 304 g/mol. The van der Waals surface area contributed by atoms with Crippen LogP contribution in [0.2, 0.25) is 5.02 Å². The number of rotatable bonds is 3. The van der Waals surface area contributed by atoms with Gasteiger partial charge in [-0.15, -0.1) is 0 Å². The lowest BCUT2D eigenvalue weighted by molar-refractivity contribution is 0.299. The molecule has 2 nitrogen and oxygen atoms in total. The van der Waals surface area contributed by atoms with Crippen LogP contribution in [-0.4, -0.2) is 6.54 Å². The summed E-state index contributed by atoms with van der Waals surface area (Å²) < 4.78 is 19.2. The van der Waals surface area contributed by atoms with E-state index < -0.39 is 0 Å². The van der Waals surface area contributed by atoms with Crippen LogP contribution in [-0.2, 0) is 6.61 Å². The molecule has 21 heavy (non-hydrogen) atoms. The fourth-order valence-electron chi connectivity index (χ4n) is 1.83. The number of aryl methyl sites for hydroxylation is 1. The molecule has 2 N–H and O–H groups in total. The van der Waals surface area contributed by atoms with Gasteiger partial charge in [0, 0.05) is 16.1 Å². The Labute approximate surface area is 128 Å². The summed E-state index contributed by atoms with van der Waals surface area (Å²) in [6, 6.07) is 9.93. The zero-order valence-electron chi connectivity index (χ0n) is 11.6. The molecule has 0 fully saturated rings. The van der Waals surface area contributed by atoms with E-state index in [0.29, 0.717) is 22.9 Å². The van der Waals surface area contributed by atoms with E-state index in [1.807, 2.05) is 19.1 Å². The van der Waals surface area contributed by atoms with Crippen molar-refractivity contribution in [3.8, 4) is 17.6 Å². The van der Waals surface area contributed by atoms with Gasteiger partial charge in [-0.2, -0.15) is 0 Å². The van der Waals surface area contributed by atoms with Crippen molar-refractivity contribution in [2.45, 2.75) is 13.5 Å². The molecular formula is C17H15ClFNO. The molecule has 0 aromatic heterocycles. The highest BCUT2D eigenvalue weighted by molar-refractivity contribution is 6.30. The lowest BCUT2D eigenvalue weighted by atomic mass is 10.1. The van der Waals surface area contributed by atoms with Crippen molar-refractivity contribution in [3.05, 3.63) is 63.9 Å². The Morgan fingerprint density at radius 1 is 1.24 bits per heavy atom. The van der Waals surface area contributed by atoms with E-state index >= 15 is 0 Å². The maximum absolute atomic E-state index is 13.6. The Morgan fingerprint density at radius 3 is 2.76 bits per heavy atom. The number of hydrogen-bond donors (Lipinski definition) is 1. The van der Waals surface area contributed by atoms with E-state index in [9.17, 15) is 4.39 Å². The van der Waals surface area contributed by atoms with E-state index in [4.69, 9.17) is 22.1 Å². The molecule has 0 unspecified atom stereocenters. The van der Waals surface area contributed by atoms with E-state index in [1.165, 1.54) is 12.1 Å². The molecular weight excluding hydrogens is 289 g/mol. The summed E-state index contributed by atoms with van der Waals surface area (Å²) in [6.45, 7) is 2.39. The first kappa shape index (κ1) is 15.4. The van der Waals surface area contributed by atoms with Crippen molar-refractivity contribution >= 4 is 11.6 Å². The number of ether oxygens (including phenoxy) is 1. The minimum absolute atomic E-state index is 0.125. The van der Waals surface area contributed by atoms with E-state index in [2.05, 4.69) is 11.8 Å². The van der Waals surface area contributed by atoms with Gasteiger partial charge in [-0.1, -0.05) is 23.4 Å². The minimum Gasteiger partial charge on any atom is -0.489 e. The number of hydrogen-bond acceptors (Lipinski definition) is 2. The standard InChI is InChI=1S/C17H15ClFNO/c1-12-9-16(6-4-13(12)3-2-8-20)21-11-14-10-15(18)5-7-17(14)19/h4-7,9-10H,8,11,20H2,1H3. The monoisotopic (exact) mass is 303 g/mol. The molecule has 0 aliphatic carbocycles. The van der Waals surface area contributed by atoms with Crippen molar-refractivity contribution in [1.29, 1.82) is 0 Å². The molecule has 0 saturated carbocycles. The fraction of sp³-hybridized carbons (Fsp3) is 0.176. The van der Waals surface area contributed by atoms with Crippen LogP contribution in [0.5, 0.6) is 5.75 Å². The summed E-state index contributed by atoms with van der Waals surface area (Å²) in [7, 11) is 0. The number of benzene rings is 2. The van der Waals surface area contributed by atoms with Crippen molar-refractivity contribution in [2.75, 3.05) is 6.54 Å². The smallest absolute Gasteiger partial charge is 0.129 e. The van der Waals surface area contributed by atoms with E-state index in [-0.39, 0.29) is 12.4 Å². The lowest BCUT2D eigenvalue weighted by Crippen LogP contribution is -1.99. The van der Waals surface area contributed by atoms with Crippen LogP contribution < -0.4 is 10.5 Å². The van der Waals surface area contributed by atoms with Crippen LogP contribution in [0.3, 0.4) is 0 Å². The summed E-state index contributed by atoms with van der Waals surface area (Å²) in [5.74, 6) is 6.12. The second-order valence-corrected chi connectivity index (χ2v) is 4.94. The molecule has 4 heteroatoms. The molecule has 0 amide bonds.